The van der Waals surface area contributed by atoms with Crippen molar-refractivity contribution in [2.24, 2.45) is 0 Å². The molecule has 5 rings (SSSR count). The van der Waals surface area contributed by atoms with Gasteiger partial charge in [-0.15, -0.1) is 0 Å². The lowest BCUT2D eigenvalue weighted by Gasteiger charge is -2.13. The molecule has 5 aromatic rings. The van der Waals surface area contributed by atoms with Crippen molar-refractivity contribution < 1.29 is 4.39 Å². The summed E-state index contributed by atoms with van der Waals surface area (Å²) >= 11 is 6.30. The standard InChI is InChI=1S/C22H14ClFN6/c23-17-4-1-5-18(24)20(17)21-15(3-2-8-25-21)13-6-7-19-16(9-13)22(27-12-26-19)30-14-10-28-29-11-14/h1-12H,(H,28,29)(H,26,27,30). The van der Waals surface area contributed by atoms with Crippen LogP contribution < -0.4 is 5.32 Å². The van der Waals surface area contributed by atoms with Crippen LogP contribution >= 0.6 is 11.6 Å². The second-order valence-corrected chi connectivity index (χ2v) is 6.97. The lowest BCUT2D eigenvalue weighted by Crippen LogP contribution is -1.96. The van der Waals surface area contributed by atoms with Gasteiger partial charge < -0.3 is 5.32 Å². The first-order valence-corrected chi connectivity index (χ1v) is 9.49. The van der Waals surface area contributed by atoms with Crippen LogP contribution in [0.2, 0.25) is 5.02 Å². The number of anilines is 2. The minimum atomic E-state index is -0.422. The maximum absolute atomic E-state index is 14.6. The fourth-order valence-electron chi connectivity index (χ4n) is 3.34. The van der Waals surface area contributed by atoms with Gasteiger partial charge in [-0.25, -0.2) is 14.4 Å². The number of pyridine rings is 1. The summed E-state index contributed by atoms with van der Waals surface area (Å²) in [5, 5.41) is 11.0. The Morgan fingerprint density at radius 2 is 1.93 bits per heavy atom. The largest absolute Gasteiger partial charge is 0.337 e. The third-order valence-corrected chi connectivity index (χ3v) is 5.03. The number of benzene rings is 2. The molecule has 3 heterocycles. The van der Waals surface area contributed by atoms with Crippen molar-refractivity contribution in [2.45, 2.75) is 0 Å². The molecule has 0 amide bonds. The Hall–Kier alpha value is -3.84. The number of fused-ring (bicyclic) bond motifs is 1. The summed E-state index contributed by atoms with van der Waals surface area (Å²) < 4.78 is 14.6. The molecule has 0 saturated heterocycles. The highest BCUT2D eigenvalue weighted by Gasteiger charge is 2.17. The third kappa shape index (κ3) is 3.25. The van der Waals surface area contributed by atoms with E-state index in [4.69, 9.17) is 11.6 Å². The van der Waals surface area contributed by atoms with E-state index in [9.17, 15) is 4.39 Å². The van der Waals surface area contributed by atoms with Gasteiger partial charge in [0, 0.05) is 23.3 Å². The molecule has 0 unspecified atom stereocenters. The van der Waals surface area contributed by atoms with Crippen LogP contribution in [0.5, 0.6) is 0 Å². The third-order valence-electron chi connectivity index (χ3n) is 4.71. The fourth-order valence-corrected chi connectivity index (χ4v) is 3.59. The van der Waals surface area contributed by atoms with E-state index in [0.29, 0.717) is 16.5 Å². The first kappa shape index (κ1) is 18.2. The average Bonchev–Trinajstić information content (AvgIpc) is 3.27. The number of aromatic amines is 1. The van der Waals surface area contributed by atoms with Gasteiger partial charge in [-0.3, -0.25) is 10.1 Å². The first-order chi connectivity index (χ1) is 14.7. The molecule has 146 valence electrons. The van der Waals surface area contributed by atoms with Crippen molar-refractivity contribution in [3.8, 4) is 22.4 Å². The van der Waals surface area contributed by atoms with E-state index in [2.05, 4.69) is 30.5 Å². The molecule has 2 aromatic carbocycles. The molecular weight excluding hydrogens is 403 g/mol. The van der Waals surface area contributed by atoms with Crippen molar-refractivity contribution >= 4 is 34.0 Å². The summed E-state index contributed by atoms with van der Waals surface area (Å²) in [7, 11) is 0. The van der Waals surface area contributed by atoms with Gasteiger partial charge in [-0.2, -0.15) is 5.10 Å². The lowest BCUT2D eigenvalue weighted by molar-refractivity contribution is 0.631. The SMILES string of the molecule is Fc1cccc(Cl)c1-c1ncccc1-c1ccc2ncnc(Nc3cn[nH]c3)c2c1. The molecule has 3 aromatic heterocycles. The van der Waals surface area contributed by atoms with Gasteiger partial charge >= 0.3 is 0 Å². The van der Waals surface area contributed by atoms with Crippen LogP contribution in [0.15, 0.2) is 73.4 Å². The molecule has 0 aliphatic rings. The molecule has 6 nitrogen and oxygen atoms in total. The second kappa shape index (κ2) is 7.53. The summed E-state index contributed by atoms with van der Waals surface area (Å²) in [5.41, 5.74) is 3.89. The number of H-pyrrole nitrogens is 1. The first-order valence-electron chi connectivity index (χ1n) is 9.11. The minimum absolute atomic E-state index is 0.274. The molecule has 2 N–H and O–H groups in total. The maximum atomic E-state index is 14.6. The molecular formula is C22H14ClFN6. The Bertz CT molecular complexity index is 1330. The van der Waals surface area contributed by atoms with Crippen molar-refractivity contribution in [2.75, 3.05) is 5.32 Å². The van der Waals surface area contributed by atoms with Crippen LogP contribution in [0.3, 0.4) is 0 Å². The fraction of sp³-hybridized carbons (Fsp3) is 0. The van der Waals surface area contributed by atoms with Crippen molar-refractivity contribution in [1.29, 1.82) is 0 Å². The molecule has 8 heteroatoms. The summed E-state index contributed by atoms with van der Waals surface area (Å²) in [6.45, 7) is 0. The molecule has 0 aliphatic heterocycles. The highest BCUT2D eigenvalue weighted by Crippen LogP contribution is 2.37. The average molecular weight is 417 g/mol. The maximum Gasteiger partial charge on any atom is 0.141 e. The smallest absolute Gasteiger partial charge is 0.141 e. The summed E-state index contributed by atoms with van der Waals surface area (Å²) in [6.07, 6.45) is 6.52. The van der Waals surface area contributed by atoms with Gasteiger partial charge in [-0.05, 0) is 35.9 Å². The number of nitrogens with zero attached hydrogens (tertiary/aromatic N) is 4. The number of nitrogens with one attached hydrogen (secondary N) is 2. The van der Waals surface area contributed by atoms with Gasteiger partial charge in [0.25, 0.3) is 0 Å². The van der Waals surface area contributed by atoms with Gasteiger partial charge in [0.15, 0.2) is 0 Å². The molecule has 0 aliphatic carbocycles. The molecule has 0 fully saturated rings. The van der Waals surface area contributed by atoms with Crippen LogP contribution in [0.1, 0.15) is 0 Å². The number of rotatable bonds is 4. The highest BCUT2D eigenvalue weighted by molar-refractivity contribution is 6.33. The number of hydrogen-bond donors (Lipinski definition) is 2. The van der Waals surface area contributed by atoms with E-state index in [1.807, 2.05) is 30.3 Å². The zero-order valence-corrected chi connectivity index (χ0v) is 16.2. The molecule has 0 atom stereocenters. The van der Waals surface area contributed by atoms with E-state index < -0.39 is 5.82 Å². The lowest BCUT2D eigenvalue weighted by atomic mass is 9.98. The second-order valence-electron chi connectivity index (χ2n) is 6.56. The number of aromatic nitrogens is 5. The summed E-state index contributed by atoms with van der Waals surface area (Å²) in [5.74, 6) is 0.214. The monoisotopic (exact) mass is 416 g/mol. The van der Waals surface area contributed by atoms with E-state index >= 15 is 0 Å². The molecule has 0 saturated carbocycles. The predicted octanol–water partition coefficient (Wildman–Crippen LogP) is 5.62. The van der Waals surface area contributed by atoms with Crippen molar-refractivity contribution in [1.82, 2.24) is 25.1 Å². The molecule has 0 radical (unpaired) electrons. The predicted molar refractivity (Wildman–Crippen MR) is 115 cm³/mol. The molecule has 30 heavy (non-hydrogen) atoms. The quantitative estimate of drug-likeness (QED) is 0.397. The van der Waals surface area contributed by atoms with Gasteiger partial charge in [0.1, 0.15) is 18.0 Å². The Kier molecular flexibility index (Phi) is 4.57. The Balaban J connectivity index is 1.68. The summed E-state index contributed by atoms with van der Waals surface area (Å²) in [6, 6.07) is 14.1. The van der Waals surface area contributed by atoms with E-state index in [1.165, 1.54) is 12.4 Å². The molecule has 0 bridgehead atoms. The van der Waals surface area contributed by atoms with E-state index in [1.54, 1.807) is 30.7 Å². The Labute approximate surface area is 175 Å². The van der Waals surface area contributed by atoms with Crippen molar-refractivity contribution in [3.63, 3.8) is 0 Å². The Morgan fingerprint density at radius 1 is 1.00 bits per heavy atom. The molecule has 0 spiro atoms. The van der Waals surface area contributed by atoms with E-state index in [0.717, 1.165) is 27.7 Å². The van der Waals surface area contributed by atoms with Crippen LogP contribution in [-0.2, 0) is 0 Å². The Morgan fingerprint density at radius 3 is 2.77 bits per heavy atom. The van der Waals surface area contributed by atoms with Crippen molar-refractivity contribution in [3.05, 3.63) is 84.3 Å². The van der Waals surface area contributed by atoms with E-state index in [-0.39, 0.29) is 5.56 Å². The van der Waals surface area contributed by atoms with Gasteiger partial charge in [-0.1, -0.05) is 29.8 Å². The summed E-state index contributed by atoms with van der Waals surface area (Å²) in [4.78, 5) is 13.1. The zero-order valence-electron chi connectivity index (χ0n) is 15.5. The van der Waals surface area contributed by atoms with Crippen LogP contribution in [-0.4, -0.2) is 25.1 Å². The topological polar surface area (TPSA) is 79.4 Å². The van der Waals surface area contributed by atoms with Crippen LogP contribution in [0, 0.1) is 5.82 Å². The number of hydrogen-bond acceptors (Lipinski definition) is 5. The van der Waals surface area contributed by atoms with Crippen LogP contribution in [0.4, 0.5) is 15.9 Å². The minimum Gasteiger partial charge on any atom is -0.337 e. The normalized spacial score (nSPS) is 11.0. The highest BCUT2D eigenvalue weighted by atomic mass is 35.5. The van der Waals surface area contributed by atoms with Gasteiger partial charge in [0.05, 0.1) is 33.7 Å². The van der Waals surface area contributed by atoms with Gasteiger partial charge in [0.2, 0.25) is 0 Å². The zero-order chi connectivity index (χ0) is 20.5. The van der Waals surface area contributed by atoms with Crippen LogP contribution in [0.25, 0.3) is 33.3 Å². The number of halogens is 2.